The van der Waals surface area contributed by atoms with E-state index in [1.54, 1.807) is 6.92 Å². The second kappa shape index (κ2) is 4.92. The zero-order valence-electron chi connectivity index (χ0n) is 8.72. The number of ketones is 1. The second-order valence-corrected chi connectivity index (χ2v) is 4.27. The van der Waals surface area contributed by atoms with Gasteiger partial charge in [-0.1, -0.05) is 0 Å². The highest BCUT2D eigenvalue weighted by Crippen LogP contribution is 2.20. The Bertz CT molecular complexity index is 387. The van der Waals surface area contributed by atoms with Gasteiger partial charge in [0.05, 0.1) is 17.2 Å². The summed E-state index contributed by atoms with van der Waals surface area (Å²) in [5.74, 6) is -0.142. The molecule has 0 saturated carbocycles. The second-order valence-electron chi connectivity index (χ2n) is 3.19. The number of alkyl halides is 3. The van der Waals surface area contributed by atoms with Crippen LogP contribution in [-0.2, 0) is 11.3 Å². The average Bonchev–Trinajstić information content (AvgIpc) is 2.44. The molecule has 1 rings (SSSR count). The monoisotopic (exact) mass is 253 g/mol. The largest absolute Gasteiger partial charge is 0.411 e. The lowest BCUT2D eigenvalue weighted by molar-refractivity contribution is -0.176. The normalized spacial score (nSPS) is 11.8. The third-order valence-corrected chi connectivity index (χ3v) is 2.88. The molecule has 0 aromatic carbocycles. The van der Waals surface area contributed by atoms with Crippen LogP contribution in [0.5, 0.6) is 0 Å². The van der Waals surface area contributed by atoms with Crippen LogP contribution >= 0.6 is 11.3 Å². The highest BCUT2D eigenvalue weighted by Gasteiger charge is 2.27. The Hall–Kier alpha value is -0.950. The topological polar surface area (TPSA) is 39.2 Å². The maximum absolute atomic E-state index is 11.8. The zero-order valence-corrected chi connectivity index (χ0v) is 9.54. The van der Waals surface area contributed by atoms with Crippen molar-refractivity contribution < 1.29 is 22.7 Å². The predicted molar refractivity (Wildman–Crippen MR) is 52.6 cm³/mol. The number of nitrogens with zero attached hydrogens (tertiary/aromatic N) is 1. The fraction of sp³-hybridized carbons (Fsp3) is 0.556. The molecule has 1 aromatic rings. The smallest absolute Gasteiger partial charge is 0.365 e. The quantitative estimate of drug-likeness (QED) is 0.774. The van der Waals surface area contributed by atoms with Gasteiger partial charge in [-0.2, -0.15) is 13.2 Å². The maximum atomic E-state index is 11.8. The van der Waals surface area contributed by atoms with Gasteiger partial charge in [-0.05, 0) is 6.92 Å². The molecule has 0 aliphatic carbocycles. The fourth-order valence-electron chi connectivity index (χ4n) is 1.09. The molecule has 7 heteroatoms. The predicted octanol–water partition coefficient (Wildman–Crippen LogP) is 2.73. The first-order valence-corrected chi connectivity index (χ1v) is 5.23. The first kappa shape index (κ1) is 13.1. The Morgan fingerprint density at radius 2 is 2.12 bits per heavy atom. The van der Waals surface area contributed by atoms with Crippen molar-refractivity contribution in [3.63, 3.8) is 0 Å². The van der Waals surface area contributed by atoms with E-state index in [4.69, 9.17) is 0 Å². The van der Waals surface area contributed by atoms with Crippen LogP contribution in [0.3, 0.4) is 0 Å². The number of carbonyl (C=O) groups excluding carboxylic acids is 1. The van der Waals surface area contributed by atoms with E-state index >= 15 is 0 Å². The van der Waals surface area contributed by atoms with Crippen LogP contribution in [0.15, 0.2) is 0 Å². The highest BCUT2D eigenvalue weighted by molar-refractivity contribution is 7.13. The van der Waals surface area contributed by atoms with Crippen LogP contribution in [0.2, 0.25) is 0 Å². The Morgan fingerprint density at radius 1 is 1.50 bits per heavy atom. The summed E-state index contributed by atoms with van der Waals surface area (Å²) < 4.78 is 39.8. The van der Waals surface area contributed by atoms with Crippen molar-refractivity contribution in [2.24, 2.45) is 0 Å². The molecule has 0 fully saturated rings. The van der Waals surface area contributed by atoms with Crippen molar-refractivity contribution in [3.8, 4) is 0 Å². The van der Waals surface area contributed by atoms with Crippen LogP contribution in [0, 0.1) is 6.92 Å². The van der Waals surface area contributed by atoms with E-state index in [9.17, 15) is 18.0 Å². The highest BCUT2D eigenvalue weighted by atomic mass is 32.1. The third kappa shape index (κ3) is 3.90. The van der Waals surface area contributed by atoms with Gasteiger partial charge in [-0.25, -0.2) is 4.98 Å². The lowest BCUT2D eigenvalue weighted by Gasteiger charge is -2.05. The summed E-state index contributed by atoms with van der Waals surface area (Å²) >= 11 is 1.07. The van der Waals surface area contributed by atoms with Crippen LogP contribution in [-0.4, -0.2) is 23.6 Å². The van der Waals surface area contributed by atoms with Gasteiger partial charge in [-0.3, -0.25) is 4.79 Å². The molecule has 0 aliphatic rings. The van der Waals surface area contributed by atoms with E-state index in [-0.39, 0.29) is 12.4 Å². The van der Waals surface area contributed by atoms with Crippen LogP contribution in [0.4, 0.5) is 13.2 Å². The summed E-state index contributed by atoms with van der Waals surface area (Å²) in [6, 6.07) is 0. The standard InChI is InChI=1S/C9H10F3NO2S/c1-5-8(6(2)14)16-7(13-5)3-15-4-9(10,11)12/h3-4H2,1-2H3. The molecule has 1 heterocycles. The van der Waals surface area contributed by atoms with Gasteiger partial charge in [0.1, 0.15) is 11.6 Å². The Balaban J connectivity index is 2.56. The average molecular weight is 253 g/mol. The molecule has 0 aliphatic heterocycles. The van der Waals surface area contributed by atoms with Crippen LogP contribution < -0.4 is 0 Å². The number of hydrogen-bond donors (Lipinski definition) is 0. The van der Waals surface area contributed by atoms with E-state index < -0.39 is 12.8 Å². The Labute approximate surface area is 94.3 Å². The van der Waals surface area contributed by atoms with Crippen molar-refractivity contribution in [3.05, 3.63) is 15.6 Å². The van der Waals surface area contributed by atoms with Crippen molar-refractivity contribution in [1.29, 1.82) is 0 Å². The number of rotatable bonds is 4. The van der Waals surface area contributed by atoms with E-state index in [0.717, 1.165) is 11.3 Å². The third-order valence-electron chi connectivity index (χ3n) is 1.65. The van der Waals surface area contributed by atoms with Crippen molar-refractivity contribution in [2.75, 3.05) is 6.61 Å². The molecule has 0 amide bonds. The molecular weight excluding hydrogens is 243 g/mol. The number of Topliss-reactive ketones (excluding diaryl/α,β-unsaturated/α-hetero) is 1. The minimum Gasteiger partial charge on any atom is -0.365 e. The number of halogens is 3. The molecule has 0 atom stereocenters. The molecule has 1 aromatic heterocycles. The molecule has 0 unspecified atom stereocenters. The van der Waals surface area contributed by atoms with Gasteiger partial charge in [0.25, 0.3) is 0 Å². The molecular formula is C9H10F3NO2S. The first-order chi connectivity index (χ1) is 7.29. The fourth-order valence-corrected chi connectivity index (χ4v) is 1.99. The van der Waals surface area contributed by atoms with Gasteiger partial charge < -0.3 is 4.74 Å². The Kier molecular flexibility index (Phi) is 4.03. The van der Waals surface area contributed by atoms with Crippen molar-refractivity contribution in [2.45, 2.75) is 26.6 Å². The summed E-state index contributed by atoms with van der Waals surface area (Å²) in [6.45, 7) is 1.50. The van der Waals surface area contributed by atoms with Crippen molar-refractivity contribution in [1.82, 2.24) is 4.98 Å². The van der Waals surface area contributed by atoms with E-state index in [2.05, 4.69) is 9.72 Å². The van der Waals surface area contributed by atoms with Crippen LogP contribution in [0.1, 0.15) is 27.3 Å². The number of ether oxygens (including phenoxy) is 1. The zero-order chi connectivity index (χ0) is 12.3. The van der Waals surface area contributed by atoms with E-state index in [1.165, 1.54) is 6.92 Å². The van der Waals surface area contributed by atoms with E-state index in [0.29, 0.717) is 15.6 Å². The molecule has 0 saturated heterocycles. The summed E-state index contributed by atoms with van der Waals surface area (Å²) in [6.07, 6.45) is -4.34. The van der Waals surface area contributed by atoms with Crippen LogP contribution in [0.25, 0.3) is 0 Å². The first-order valence-electron chi connectivity index (χ1n) is 4.41. The minimum absolute atomic E-state index is 0.142. The maximum Gasteiger partial charge on any atom is 0.411 e. The van der Waals surface area contributed by atoms with Gasteiger partial charge >= 0.3 is 6.18 Å². The summed E-state index contributed by atoms with van der Waals surface area (Å²) in [4.78, 5) is 15.5. The SMILES string of the molecule is CC(=O)c1sc(COCC(F)(F)F)nc1C. The van der Waals surface area contributed by atoms with E-state index in [1.807, 2.05) is 0 Å². The van der Waals surface area contributed by atoms with Crippen molar-refractivity contribution >= 4 is 17.1 Å². The summed E-state index contributed by atoms with van der Waals surface area (Å²) in [7, 11) is 0. The molecule has 0 spiro atoms. The number of hydrogen-bond acceptors (Lipinski definition) is 4. The number of aryl methyl sites for hydroxylation is 1. The summed E-state index contributed by atoms with van der Waals surface area (Å²) in [5, 5.41) is 0.381. The molecule has 0 bridgehead atoms. The molecule has 0 N–H and O–H groups in total. The van der Waals surface area contributed by atoms with Gasteiger partial charge in [0, 0.05) is 6.92 Å². The number of aromatic nitrogens is 1. The molecule has 3 nitrogen and oxygen atoms in total. The molecule has 90 valence electrons. The lowest BCUT2D eigenvalue weighted by Crippen LogP contribution is -2.16. The summed E-state index contributed by atoms with van der Waals surface area (Å²) in [5.41, 5.74) is 0.531. The minimum atomic E-state index is -4.34. The Morgan fingerprint density at radius 3 is 2.56 bits per heavy atom. The van der Waals surface area contributed by atoms with Gasteiger partial charge in [0.2, 0.25) is 0 Å². The number of carbonyl (C=O) groups is 1. The number of thiazole rings is 1. The van der Waals surface area contributed by atoms with Gasteiger partial charge in [-0.15, -0.1) is 11.3 Å². The van der Waals surface area contributed by atoms with Gasteiger partial charge in [0.15, 0.2) is 5.78 Å². The molecule has 16 heavy (non-hydrogen) atoms. The molecule has 0 radical (unpaired) electrons. The lowest BCUT2D eigenvalue weighted by atomic mass is 10.3.